The van der Waals surface area contributed by atoms with Crippen molar-refractivity contribution in [1.82, 2.24) is 4.90 Å². The molecule has 0 spiro atoms. The predicted octanol–water partition coefficient (Wildman–Crippen LogP) is 2.23. The van der Waals surface area contributed by atoms with E-state index in [2.05, 4.69) is 23.2 Å². The van der Waals surface area contributed by atoms with Crippen molar-refractivity contribution in [1.29, 1.82) is 0 Å². The van der Waals surface area contributed by atoms with E-state index in [1.54, 1.807) is 0 Å². The van der Waals surface area contributed by atoms with Crippen molar-refractivity contribution >= 4 is 11.4 Å². The number of nitrogens with one attached hydrogen (secondary N) is 1. The first kappa shape index (κ1) is 10.9. The van der Waals surface area contributed by atoms with Gasteiger partial charge < -0.3 is 11.1 Å². The van der Waals surface area contributed by atoms with E-state index in [9.17, 15) is 0 Å². The molecule has 2 heterocycles. The topological polar surface area (TPSA) is 41.3 Å². The molecule has 17 heavy (non-hydrogen) atoms. The minimum atomic E-state index is 0.625. The smallest absolute Gasteiger partial charge is 0.0429 e. The molecule has 92 valence electrons. The third-order valence-electron chi connectivity index (χ3n) is 4.20. The Bertz CT molecular complexity index is 416. The molecule has 3 nitrogen and oxygen atoms in total. The fourth-order valence-electron chi connectivity index (χ4n) is 3.30. The molecule has 3 rings (SSSR count). The van der Waals surface area contributed by atoms with Gasteiger partial charge in [-0.3, -0.25) is 4.90 Å². The van der Waals surface area contributed by atoms with Crippen molar-refractivity contribution in [2.45, 2.75) is 38.3 Å². The number of hydrogen-bond donors (Lipinski definition) is 2. The fraction of sp³-hybridized carbons (Fsp3) is 0.571. The number of rotatable bonds is 2. The molecule has 0 amide bonds. The Labute approximate surface area is 103 Å². The molecule has 2 aliphatic rings. The van der Waals surface area contributed by atoms with Gasteiger partial charge in [0.05, 0.1) is 0 Å². The van der Waals surface area contributed by atoms with Crippen molar-refractivity contribution in [3.05, 3.63) is 23.8 Å². The minimum absolute atomic E-state index is 0.625. The first-order valence-corrected chi connectivity index (χ1v) is 6.61. The molecular formula is C14H21N3. The number of nitrogens with zero attached hydrogens (tertiary/aromatic N) is 1. The third kappa shape index (κ3) is 2.00. The van der Waals surface area contributed by atoms with Crippen LogP contribution in [-0.2, 0) is 0 Å². The minimum Gasteiger partial charge on any atom is -0.399 e. The van der Waals surface area contributed by atoms with Crippen LogP contribution in [0.4, 0.5) is 11.4 Å². The third-order valence-corrected chi connectivity index (χ3v) is 4.20. The summed E-state index contributed by atoms with van der Waals surface area (Å²) in [7, 11) is 0. The molecule has 2 saturated heterocycles. The number of hydrogen-bond acceptors (Lipinski definition) is 3. The van der Waals surface area contributed by atoms with Gasteiger partial charge in [0.2, 0.25) is 0 Å². The second-order valence-corrected chi connectivity index (χ2v) is 5.36. The lowest BCUT2D eigenvalue weighted by atomic mass is 10.1. The molecule has 0 aliphatic carbocycles. The van der Waals surface area contributed by atoms with Crippen molar-refractivity contribution in [3.63, 3.8) is 0 Å². The Kier molecular flexibility index (Phi) is 2.71. The van der Waals surface area contributed by atoms with Crippen molar-refractivity contribution in [3.8, 4) is 0 Å². The van der Waals surface area contributed by atoms with Crippen LogP contribution >= 0.6 is 0 Å². The predicted molar refractivity (Wildman–Crippen MR) is 72.2 cm³/mol. The number of benzene rings is 1. The Morgan fingerprint density at radius 2 is 2.18 bits per heavy atom. The molecule has 2 atom stereocenters. The molecule has 3 N–H and O–H groups in total. The highest BCUT2D eigenvalue weighted by Gasteiger charge is 2.36. The molecule has 0 saturated carbocycles. The van der Waals surface area contributed by atoms with E-state index >= 15 is 0 Å². The van der Waals surface area contributed by atoms with Gasteiger partial charge in [0.25, 0.3) is 0 Å². The maximum Gasteiger partial charge on any atom is 0.0429 e. The van der Waals surface area contributed by atoms with Crippen LogP contribution in [0.2, 0.25) is 0 Å². The number of nitrogens with two attached hydrogens (primary N) is 1. The lowest BCUT2D eigenvalue weighted by Crippen LogP contribution is -2.33. The Morgan fingerprint density at radius 3 is 3.00 bits per heavy atom. The number of nitrogen functional groups attached to an aromatic ring is 1. The number of fused-ring (bicyclic) bond motifs is 1. The van der Waals surface area contributed by atoms with Gasteiger partial charge in [-0.05, 0) is 56.5 Å². The lowest BCUT2D eigenvalue weighted by Gasteiger charge is -2.23. The Morgan fingerprint density at radius 1 is 1.29 bits per heavy atom. The van der Waals surface area contributed by atoms with E-state index in [0.717, 1.165) is 11.7 Å². The van der Waals surface area contributed by atoms with Crippen LogP contribution in [-0.4, -0.2) is 30.1 Å². The van der Waals surface area contributed by atoms with Crippen molar-refractivity contribution in [2.24, 2.45) is 0 Å². The zero-order valence-corrected chi connectivity index (χ0v) is 10.4. The standard InChI is InChI=1S/C14H21N3/c1-10-9-11(15)4-5-12(10)16-13-6-8-17-7-2-3-14(13)17/h4-5,9,13-14,16H,2-3,6-8,15H2,1H3. The van der Waals surface area contributed by atoms with E-state index in [4.69, 9.17) is 5.73 Å². The highest BCUT2D eigenvalue weighted by atomic mass is 15.2. The largest absolute Gasteiger partial charge is 0.399 e. The molecule has 1 aromatic rings. The zero-order chi connectivity index (χ0) is 11.8. The van der Waals surface area contributed by atoms with Gasteiger partial charge in [-0.25, -0.2) is 0 Å². The number of aryl methyl sites for hydroxylation is 1. The average Bonchev–Trinajstić information content (AvgIpc) is 2.86. The summed E-state index contributed by atoms with van der Waals surface area (Å²) in [5.74, 6) is 0. The van der Waals surface area contributed by atoms with Crippen LogP contribution in [0.15, 0.2) is 18.2 Å². The summed E-state index contributed by atoms with van der Waals surface area (Å²) in [6.45, 7) is 4.68. The van der Waals surface area contributed by atoms with E-state index in [1.165, 1.54) is 43.6 Å². The molecule has 2 unspecified atom stereocenters. The van der Waals surface area contributed by atoms with Crippen LogP contribution < -0.4 is 11.1 Å². The summed E-state index contributed by atoms with van der Waals surface area (Å²) >= 11 is 0. The summed E-state index contributed by atoms with van der Waals surface area (Å²) in [5, 5.41) is 3.71. The van der Waals surface area contributed by atoms with Gasteiger partial charge in [-0.15, -0.1) is 0 Å². The summed E-state index contributed by atoms with van der Waals surface area (Å²) in [5.41, 5.74) is 9.13. The summed E-state index contributed by atoms with van der Waals surface area (Å²) in [4.78, 5) is 2.63. The quantitative estimate of drug-likeness (QED) is 0.767. The van der Waals surface area contributed by atoms with Crippen LogP contribution in [0.25, 0.3) is 0 Å². The van der Waals surface area contributed by atoms with Gasteiger partial charge in [0.15, 0.2) is 0 Å². The van der Waals surface area contributed by atoms with Crippen molar-refractivity contribution in [2.75, 3.05) is 24.1 Å². The van der Waals surface area contributed by atoms with Crippen LogP contribution in [0.3, 0.4) is 0 Å². The van der Waals surface area contributed by atoms with Gasteiger partial charge in [-0.2, -0.15) is 0 Å². The lowest BCUT2D eigenvalue weighted by molar-refractivity contribution is 0.318. The highest BCUT2D eigenvalue weighted by molar-refractivity contribution is 5.58. The van der Waals surface area contributed by atoms with E-state index < -0.39 is 0 Å². The Hall–Kier alpha value is -1.22. The van der Waals surface area contributed by atoms with E-state index in [-0.39, 0.29) is 0 Å². The van der Waals surface area contributed by atoms with Gasteiger partial charge in [0.1, 0.15) is 0 Å². The number of anilines is 2. The fourth-order valence-corrected chi connectivity index (χ4v) is 3.30. The molecule has 2 aliphatic heterocycles. The molecule has 3 heteroatoms. The molecule has 0 radical (unpaired) electrons. The summed E-state index contributed by atoms with van der Waals surface area (Å²) in [6.07, 6.45) is 3.99. The molecule has 1 aromatic carbocycles. The first-order valence-electron chi connectivity index (χ1n) is 6.61. The molecule has 2 fully saturated rings. The normalized spacial score (nSPS) is 28.3. The SMILES string of the molecule is Cc1cc(N)ccc1NC1CCN2CCCC12. The second-order valence-electron chi connectivity index (χ2n) is 5.36. The monoisotopic (exact) mass is 231 g/mol. The summed E-state index contributed by atoms with van der Waals surface area (Å²) in [6, 6.07) is 7.52. The van der Waals surface area contributed by atoms with Crippen LogP contribution in [0, 0.1) is 6.92 Å². The van der Waals surface area contributed by atoms with E-state index in [0.29, 0.717) is 6.04 Å². The van der Waals surface area contributed by atoms with Crippen LogP contribution in [0.1, 0.15) is 24.8 Å². The first-order chi connectivity index (χ1) is 8.24. The summed E-state index contributed by atoms with van der Waals surface area (Å²) < 4.78 is 0. The van der Waals surface area contributed by atoms with Gasteiger partial charge >= 0.3 is 0 Å². The second kappa shape index (κ2) is 4.22. The van der Waals surface area contributed by atoms with E-state index in [1.807, 2.05) is 12.1 Å². The maximum absolute atomic E-state index is 5.79. The van der Waals surface area contributed by atoms with Gasteiger partial charge in [0, 0.05) is 30.0 Å². The maximum atomic E-state index is 5.79. The van der Waals surface area contributed by atoms with Gasteiger partial charge in [-0.1, -0.05) is 0 Å². The molecule has 0 aromatic heterocycles. The Balaban J connectivity index is 1.74. The molecular weight excluding hydrogens is 210 g/mol. The van der Waals surface area contributed by atoms with Crippen molar-refractivity contribution < 1.29 is 0 Å². The van der Waals surface area contributed by atoms with Crippen LogP contribution in [0.5, 0.6) is 0 Å². The highest BCUT2D eigenvalue weighted by Crippen LogP contribution is 2.31. The average molecular weight is 231 g/mol. The zero-order valence-electron chi connectivity index (χ0n) is 10.4. The molecule has 0 bridgehead atoms.